The highest BCUT2D eigenvalue weighted by Gasteiger charge is 2.22. The zero-order valence-electron chi connectivity index (χ0n) is 18.9. The van der Waals surface area contributed by atoms with Crippen LogP contribution in [0.4, 0.5) is 11.8 Å². The van der Waals surface area contributed by atoms with Gasteiger partial charge in [0, 0.05) is 47.7 Å². The summed E-state index contributed by atoms with van der Waals surface area (Å²) in [6.07, 6.45) is 4.81. The molecule has 1 heterocycles. The third-order valence-electron chi connectivity index (χ3n) is 5.98. The molecule has 2 N–H and O–H groups in total. The Bertz CT molecular complexity index is 1000. The first kappa shape index (κ1) is 23.1. The molecular weight excluding hydrogens is 438 g/mol. The maximum atomic E-state index is 5.94. The largest absolute Gasteiger partial charge is 0.362 e. The van der Waals surface area contributed by atoms with Crippen molar-refractivity contribution < 1.29 is 0 Å². The second-order valence-electron chi connectivity index (χ2n) is 8.65. The van der Waals surface area contributed by atoms with Gasteiger partial charge in [0.15, 0.2) is 0 Å². The fraction of sp³-hybridized carbons (Fsp3) is 0.440. The third-order valence-corrected chi connectivity index (χ3v) is 7.25. The molecule has 170 valence electrons. The quantitative estimate of drug-likeness (QED) is 0.309. The summed E-state index contributed by atoms with van der Waals surface area (Å²) >= 11 is 7.82. The van der Waals surface area contributed by atoms with E-state index in [9.17, 15) is 0 Å². The summed E-state index contributed by atoms with van der Waals surface area (Å²) < 4.78 is 0. The first-order chi connectivity index (χ1) is 15.6. The lowest BCUT2D eigenvalue weighted by molar-refractivity contribution is 0.326. The summed E-state index contributed by atoms with van der Waals surface area (Å²) in [5.41, 5.74) is 0.989. The molecule has 32 heavy (non-hydrogen) atoms. The van der Waals surface area contributed by atoms with Gasteiger partial charge in [-0.2, -0.15) is 4.98 Å². The van der Waals surface area contributed by atoms with Crippen molar-refractivity contribution >= 4 is 46.0 Å². The summed E-state index contributed by atoms with van der Waals surface area (Å²) in [4.78, 5) is 12.9. The molecule has 0 unspecified atom stereocenters. The normalized spacial score (nSPS) is 18.6. The maximum Gasteiger partial charge on any atom is 0.225 e. The molecule has 1 aliphatic rings. The number of hydrogen-bond acceptors (Lipinski definition) is 6. The van der Waals surface area contributed by atoms with Gasteiger partial charge in [-0.3, -0.25) is 0 Å². The summed E-state index contributed by atoms with van der Waals surface area (Å²) in [5.74, 6) is 3.54. The second-order valence-corrected chi connectivity index (χ2v) is 10.3. The van der Waals surface area contributed by atoms with Crippen LogP contribution in [-0.2, 0) is 0 Å². The van der Waals surface area contributed by atoms with Crippen LogP contribution in [0, 0.1) is 5.92 Å². The SMILES string of the molecule is CN(C)c1nc(NC2CCC(CNCCSc3ccc(Cl)cc3)CC2)nc2ccccc12. The predicted octanol–water partition coefficient (Wildman–Crippen LogP) is 5.70. The van der Waals surface area contributed by atoms with Gasteiger partial charge < -0.3 is 15.5 Å². The number of nitrogens with zero attached hydrogens (tertiary/aromatic N) is 3. The van der Waals surface area contributed by atoms with Crippen LogP contribution in [0.5, 0.6) is 0 Å². The fourth-order valence-corrected chi connectivity index (χ4v) is 5.17. The summed E-state index contributed by atoms with van der Waals surface area (Å²) in [6, 6.07) is 16.7. The Labute approximate surface area is 200 Å². The van der Waals surface area contributed by atoms with Crippen LogP contribution >= 0.6 is 23.4 Å². The van der Waals surface area contributed by atoms with Crippen molar-refractivity contribution in [2.45, 2.75) is 36.6 Å². The molecule has 5 nitrogen and oxygen atoms in total. The Balaban J connectivity index is 1.20. The topological polar surface area (TPSA) is 53.1 Å². The predicted molar refractivity (Wildman–Crippen MR) is 138 cm³/mol. The van der Waals surface area contributed by atoms with E-state index in [1.165, 1.54) is 30.6 Å². The van der Waals surface area contributed by atoms with Gasteiger partial charge in [0.2, 0.25) is 5.95 Å². The van der Waals surface area contributed by atoms with Crippen LogP contribution in [0.25, 0.3) is 10.9 Å². The van der Waals surface area contributed by atoms with Crippen LogP contribution in [0.2, 0.25) is 5.02 Å². The number of fused-ring (bicyclic) bond motifs is 1. The summed E-state index contributed by atoms with van der Waals surface area (Å²) in [7, 11) is 4.06. The van der Waals surface area contributed by atoms with E-state index >= 15 is 0 Å². The molecule has 0 aliphatic heterocycles. The van der Waals surface area contributed by atoms with Crippen molar-refractivity contribution in [1.29, 1.82) is 0 Å². The molecule has 0 saturated heterocycles. The van der Waals surface area contributed by atoms with E-state index in [4.69, 9.17) is 21.6 Å². The molecule has 1 fully saturated rings. The number of nitrogens with one attached hydrogen (secondary N) is 2. The van der Waals surface area contributed by atoms with Gasteiger partial charge in [-0.25, -0.2) is 4.98 Å². The van der Waals surface area contributed by atoms with E-state index in [0.29, 0.717) is 6.04 Å². The zero-order valence-corrected chi connectivity index (χ0v) is 20.4. The molecule has 1 aromatic heterocycles. The lowest BCUT2D eigenvalue weighted by Crippen LogP contribution is -2.32. The van der Waals surface area contributed by atoms with Crippen molar-refractivity contribution in [1.82, 2.24) is 15.3 Å². The van der Waals surface area contributed by atoms with Crippen molar-refractivity contribution in [3.63, 3.8) is 0 Å². The van der Waals surface area contributed by atoms with Crippen molar-refractivity contribution in [2.75, 3.05) is 43.2 Å². The number of halogens is 1. The molecule has 0 amide bonds. The number of hydrogen-bond donors (Lipinski definition) is 2. The molecule has 7 heteroatoms. The highest BCUT2D eigenvalue weighted by atomic mass is 35.5. The molecule has 0 spiro atoms. The van der Waals surface area contributed by atoms with Gasteiger partial charge in [-0.15, -0.1) is 11.8 Å². The van der Waals surface area contributed by atoms with Crippen molar-refractivity contribution in [2.24, 2.45) is 5.92 Å². The molecular formula is C25H32ClN5S. The Morgan fingerprint density at radius 1 is 1.00 bits per heavy atom. The Hall–Kier alpha value is -2.02. The van der Waals surface area contributed by atoms with Gasteiger partial charge in [0.1, 0.15) is 5.82 Å². The molecule has 3 aromatic rings. The number of thioether (sulfide) groups is 1. The number of anilines is 2. The molecule has 1 saturated carbocycles. The monoisotopic (exact) mass is 469 g/mol. The van der Waals surface area contributed by atoms with Gasteiger partial charge >= 0.3 is 0 Å². The first-order valence-electron chi connectivity index (χ1n) is 11.4. The first-order valence-corrected chi connectivity index (χ1v) is 12.7. The van der Waals surface area contributed by atoms with Crippen molar-refractivity contribution in [3.05, 3.63) is 53.6 Å². The molecule has 0 radical (unpaired) electrons. The Kier molecular flexibility index (Phi) is 8.11. The van der Waals surface area contributed by atoms with E-state index in [0.717, 1.165) is 52.5 Å². The summed E-state index contributed by atoms with van der Waals surface area (Å²) in [6.45, 7) is 2.13. The second kappa shape index (κ2) is 11.2. The lowest BCUT2D eigenvalue weighted by atomic mass is 9.86. The average Bonchev–Trinajstić information content (AvgIpc) is 2.80. The van der Waals surface area contributed by atoms with Gasteiger partial charge in [-0.1, -0.05) is 23.7 Å². The fourth-order valence-electron chi connectivity index (χ4n) is 4.24. The Morgan fingerprint density at radius 3 is 2.50 bits per heavy atom. The third kappa shape index (κ3) is 6.27. The summed E-state index contributed by atoms with van der Waals surface area (Å²) in [5, 5.41) is 9.13. The van der Waals surface area contributed by atoms with Crippen LogP contribution in [0.1, 0.15) is 25.7 Å². The standard InChI is InChI=1S/C25H32ClN5S/c1-31(2)24-22-5-3-4-6-23(22)29-25(30-24)28-20-11-7-18(8-12-20)17-27-15-16-32-21-13-9-19(26)10-14-21/h3-6,9-10,13-14,18,20,27H,7-8,11-12,15-17H2,1-2H3,(H,28,29,30). The van der Waals surface area contributed by atoms with Crippen LogP contribution in [0.15, 0.2) is 53.4 Å². The molecule has 0 bridgehead atoms. The van der Waals surface area contributed by atoms with E-state index in [-0.39, 0.29) is 0 Å². The minimum Gasteiger partial charge on any atom is -0.362 e. The number of para-hydroxylation sites is 1. The molecule has 4 rings (SSSR count). The van der Waals surface area contributed by atoms with Crippen LogP contribution in [-0.4, -0.2) is 48.9 Å². The molecule has 2 aromatic carbocycles. The number of aromatic nitrogens is 2. The smallest absolute Gasteiger partial charge is 0.225 e. The van der Waals surface area contributed by atoms with Gasteiger partial charge in [0.05, 0.1) is 5.52 Å². The minimum atomic E-state index is 0.447. The van der Waals surface area contributed by atoms with Crippen LogP contribution in [0.3, 0.4) is 0 Å². The van der Waals surface area contributed by atoms with Crippen molar-refractivity contribution in [3.8, 4) is 0 Å². The Morgan fingerprint density at radius 2 is 1.75 bits per heavy atom. The lowest BCUT2D eigenvalue weighted by Gasteiger charge is -2.29. The van der Waals surface area contributed by atoms with E-state index in [2.05, 4.69) is 39.8 Å². The van der Waals surface area contributed by atoms with E-state index in [1.54, 1.807) is 0 Å². The zero-order chi connectivity index (χ0) is 22.3. The minimum absolute atomic E-state index is 0.447. The van der Waals surface area contributed by atoms with E-state index in [1.807, 2.05) is 50.1 Å². The van der Waals surface area contributed by atoms with E-state index < -0.39 is 0 Å². The molecule has 0 atom stereocenters. The van der Waals surface area contributed by atoms with Gasteiger partial charge in [-0.05, 0) is 74.5 Å². The number of rotatable bonds is 9. The van der Waals surface area contributed by atoms with Gasteiger partial charge in [0.25, 0.3) is 0 Å². The highest BCUT2D eigenvalue weighted by Crippen LogP contribution is 2.28. The highest BCUT2D eigenvalue weighted by molar-refractivity contribution is 7.99. The van der Waals surface area contributed by atoms with Crippen LogP contribution < -0.4 is 15.5 Å². The molecule has 1 aliphatic carbocycles. The maximum absolute atomic E-state index is 5.94. The number of benzene rings is 2. The average molecular weight is 470 g/mol.